The van der Waals surface area contributed by atoms with Gasteiger partial charge in [0, 0.05) is 26.0 Å². The van der Waals surface area contributed by atoms with Crippen LogP contribution in [-0.2, 0) is 13.0 Å². The molecular weight excluding hydrogens is 443 g/mol. The highest BCUT2D eigenvalue weighted by atomic mass is 127. The number of hydrogen-bond acceptors (Lipinski definition) is 3. The summed E-state index contributed by atoms with van der Waals surface area (Å²) in [5.74, 6) is 3.31. The van der Waals surface area contributed by atoms with Gasteiger partial charge < -0.3 is 10.2 Å². The third-order valence-corrected chi connectivity index (χ3v) is 6.16. The topological polar surface area (TPSA) is 40.5 Å². The molecule has 25 heavy (non-hydrogen) atoms. The van der Waals surface area contributed by atoms with Crippen LogP contribution in [0.4, 0.5) is 0 Å². The van der Waals surface area contributed by atoms with Crippen molar-refractivity contribution in [2.24, 2.45) is 16.8 Å². The second kappa shape index (κ2) is 7.61. The minimum absolute atomic E-state index is 0. The lowest BCUT2D eigenvalue weighted by Crippen LogP contribution is -2.39. The molecule has 6 heteroatoms. The van der Waals surface area contributed by atoms with Gasteiger partial charge in [-0.2, -0.15) is 0 Å². The van der Waals surface area contributed by atoms with E-state index < -0.39 is 0 Å². The Morgan fingerprint density at radius 3 is 2.92 bits per heavy atom. The molecule has 2 aliphatic carbocycles. The van der Waals surface area contributed by atoms with Crippen LogP contribution >= 0.6 is 35.3 Å². The largest absolute Gasteiger partial charge is 0.356 e. The molecule has 0 bridgehead atoms. The van der Waals surface area contributed by atoms with Crippen molar-refractivity contribution in [1.29, 1.82) is 0 Å². The van der Waals surface area contributed by atoms with Gasteiger partial charge in [-0.05, 0) is 42.2 Å². The Kier molecular flexibility index (Phi) is 5.68. The number of nitrogens with zero attached hydrogens (tertiary/aromatic N) is 3. The Labute approximate surface area is 170 Å². The highest BCUT2D eigenvalue weighted by Crippen LogP contribution is 2.60. The zero-order valence-electron chi connectivity index (χ0n) is 14.9. The molecule has 3 atom stereocenters. The van der Waals surface area contributed by atoms with E-state index in [1.165, 1.54) is 6.42 Å². The number of fused-ring (bicyclic) bond motifs is 3. The lowest BCUT2D eigenvalue weighted by atomic mass is 10.0. The molecule has 3 unspecified atom stereocenters. The van der Waals surface area contributed by atoms with E-state index in [9.17, 15) is 0 Å². The predicted molar refractivity (Wildman–Crippen MR) is 115 cm³/mol. The molecule has 4 nitrogen and oxygen atoms in total. The van der Waals surface area contributed by atoms with Crippen molar-refractivity contribution < 1.29 is 0 Å². The lowest BCUT2D eigenvalue weighted by molar-refractivity contribution is 0.466. The smallest absolute Gasteiger partial charge is 0.193 e. The number of guanidine groups is 1. The van der Waals surface area contributed by atoms with Crippen LogP contribution in [0.15, 0.2) is 34.6 Å². The van der Waals surface area contributed by atoms with Crippen LogP contribution in [0.1, 0.15) is 27.7 Å². The zero-order valence-corrected chi connectivity index (χ0v) is 18.0. The Bertz CT molecular complexity index is 772. The van der Waals surface area contributed by atoms with Gasteiger partial charge in [0.2, 0.25) is 0 Å². The standard InChI is InChI=1S/C19H24N4S.HI/c1-12-22-14(11-24-12)10-23(3)19(20-2)21-9-17-16-8-13-6-4-5-7-15(13)18(16)17;/h4-7,11,16-18H,8-10H2,1-3H3,(H,20,21);1H. The van der Waals surface area contributed by atoms with Crippen molar-refractivity contribution in [3.8, 4) is 0 Å². The molecule has 0 spiro atoms. The van der Waals surface area contributed by atoms with Gasteiger partial charge in [0.1, 0.15) is 0 Å². The average Bonchev–Trinajstić information content (AvgIpc) is 2.91. The molecule has 0 radical (unpaired) electrons. The van der Waals surface area contributed by atoms with E-state index in [1.807, 2.05) is 14.0 Å². The monoisotopic (exact) mass is 468 g/mol. The van der Waals surface area contributed by atoms with E-state index in [0.29, 0.717) is 0 Å². The summed E-state index contributed by atoms with van der Waals surface area (Å²) < 4.78 is 0. The highest BCUT2D eigenvalue weighted by molar-refractivity contribution is 14.0. The maximum atomic E-state index is 4.54. The Morgan fingerprint density at radius 1 is 1.40 bits per heavy atom. The van der Waals surface area contributed by atoms with Crippen molar-refractivity contribution in [1.82, 2.24) is 15.2 Å². The van der Waals surface area contributed by atoms with Gasteiger partial charge in [-0.15, -0.1) is 35.3 Å². The number of aliphatic imine (C=N–C) groups is 1. The van der Waals surface area contributed by atoms with E-state index >= 15 is 0 Å². The molecule has 0 saturated heterocycles. The summed E-state index contributed by atoms with van der Waals surface area (Å²) in [5.41, 5.74) is 4.25. The van der Waals surface area contributed by atoms with Gasteiger partial charge in [0.25, 0.3) is 0 Å². The maximum Gasteiger partial charge on any atom is 0.193 e. The average molecular weight is 468 g/mol. The van der Waals surface area contributed by atoms with Crippen LogP contribution in [0.25, 0.3) is 0 Å². The van der Waals surface area contributed by atoms with E-state index in [2.05, 4.69) is 56.9 Å². The van der Waals surface area contributed by atoms with Crippen LogP contribution in [0.3, 0.4) is 0 Å². The van der Waals surface area contributed by atoms with Crippen LogP contribution in [0, 0.1) is 18.8 Å². The van der Waals surface area contributed by atoms with E-state index in [0.717, 1.165) is 47.5 Å². The number of aryl methyl sites for hydroxylation is 1. The molecule has 134 valence electrons. The molecule has 0 aliphatic heterocycles. The fourth-order valence-corrected chi connectivity index (χ4v) is 4.76. The first-order chi connectivity index (χ1) is 11.7. The minimum Gasteiger partial charge on any atom is -0.356 e. The molecule has 4 rings (SSSR count). The minimum atomic E-state index is 0. The van der Waals surface area contributed by atoms with Gasteiger partial charge in [-0.3, -0.25) is 4.99 Å². The first-order valence-corrected chi connectivity index (χ1v) is 9.46. The van der Waals surface area contributed by atoms with Crippen LogP contribution in [-0.4, -0.2) is 36.5 Å². The van der Waals surface area contributed by atoms with Crippen molar-refractivity contribution in [3.05, 3.63) is 51.5 Å². The summed E-state index contributed by atoms with van der Waals surface area (Å²) >= 11 is 1.70. The molecule has 1 aromatic carbocycles. The van der Waals surface area contributed by atoms with E-state index in [4.69, 9.17) is 0 Å². The van der Waals surface area contributed by atoms with E-state index in [-0.39, 0.29) is 24.0 Å². The van der Waals surface area contributed by atoms with Crippen molar-refractivity contribution >= 4 is 41.3 Å². The number of thiazole rings is 1. The molecule has 2 aromatic rings. The highest BCUT2D eigenvalue weighted by Gasteiger charge is 2.54. The summed E-state index contributed by atoms with van der Waals surface area (Å²) in [5, 5.41) is 6.81. The van der Waals surface area contributed by atoms with Gasteiger partial charge in [0.15, 0.2) is 5.96 Å². The summed E-state index contributed by atoms with van der Waals surface area (Å²) in [6, 6.07) is 8.93. The predicted octanol–water partition coefficient (Wildman–Crippen LogP) is 3.66. The molecule has 0 amide bonds. The fourth-order valence-electron chi connectivity index (χ4n) is 4.15. The summed E-state index contributed by atoms with van der Waals surface area (Å²) in [7, 11) is 3.93. The second-order valence-corrected chi connectivity index (χ2v) is 7.96. The Hall–Kier alpha value is -1.15. The zero-order chi connectivity index (χ0) is 16.7. The third-order valence-electron chi connectivity index (χ3n) is 5.34. The van der Waals surface area contributed by atoms with Crippen LogP contribution in [0.2, 0.25) is 0 Å². The third kappa shape index (κ3) is 3.69. The van der Waals surface area contributed by atoms with Crippen LogP contribution < -0.4 is 5.32 Å². The summed E-state index contributed by atoms with van der Waals surface area (Å²) in [4.78, 5) is 11.1. The van der Waals surface area contributed by atoms with Gasteiger partial charge in [-0.1, -0.05) is 24.3 Å². The summed E-state index contributed by atoms with van der Waals surface area (Å²) in [6.45, 7) is 3.85. The van der Waals surface area contributed by atoms with Crippen molar-refractivity contribution in [2.75, 3.05) is 20.6 Å². The Balaban J connectivity index is 0.00000182. The molecule has 1 fully saturated rings. The molecule has 1 heterocycles. The van der Waals surface area contributed by atoms with Gasteiger partial charge in [-0.25, -0.2) is 4.98 Å². The maximum absolute atomic E-state index is 4.54. The first kappa shape index (κ1) is 18.6. The van der Waals surface area contributed by atoms with Gasteiger partial charge >= 0.3 is 0 Å². The molecule has 1 aromatic heterocycles. The van der Waals surface area contributed by atoms with Crippen LogP contribution in [0.5, 0.6) is 0 Å². The normalized spacial score (nSPS) is 23.5. The molecular formula is C19H25IN4S. The first-order valence-electron chi connectivity index (χ1n) is 8.58. The SMILES string of the molecule is CN=C(NCC1C2Cc3ccccc3C12)N(C)Cc1csc(C)n1.I. The van der Waals surface area contributed by atoms with Crippen molar-refractivity contribution in [3.63, 3.8) is 0 Å². The molecule has 2 aliphatic rings. The number of nitrogens with one attached hydrogen (secondary N) is 1. The number of benzene rings is 1. The second-order valence-electron chi connectivity index (χ2n) is 6.90. The number of hydrogen-bond donors (Lipinski definition) is 1. The number of rotatable bonds is 4. The quantitative estimate of drug-likeness (QED) is 0.423. The lowest BCUT2D eigenvalue weighted by Gasteiger charge is -2.21. The number of halogens is 1. The summed E-state index contributed by atoms with van der Waals surface area (Å²) in [6.07, 6.45) is 1.25. The van der Waals surface area contributed by atoms with Crippen molar-refractivity contribution in [2.45, 2.75) is 25.8 Å². The van der Waals surface area contributed by atoms with E-state index in [1.54, 1.807) is 22.5 Å². The van der Waals surface area contributed by atoms with Gasteiger partial charge in [0.05, 0.1) is 17.2 Å². The molecule has 1 saturated carbocycles. The fraction of sp³-hybridized carbons (Fsp3) is 0.474. The Morgan fingerprint density at radius 2 is 2.20 bits per heavy atom. The number of aromatic nitrogens is 1. The molecule has 1 N–H and O–H groups in total.